The van der Waals surface area contributed by atoms with Gasteiger partial charge in [-0.05, 0) is 19.8 Å². The van der Waals surface area contributed by atoms with Crippen molar-refractivity contribution in [2.75, 3.05) is 0 Å². The highest BCUT2D eigenvalue weighted by atomic mass is 16.5. The number of rotatable bonds is 0. The minimum absolute atomic E-state index is 0.161. The molecule has 0 aromatic rings. The van der Waals surface area contributed by atoms with Crippen molar-refractivity contribution in [1.29, 1.82) is 0 Å². The average molecular weight is 156 g/mol. The predicted octanol–water partition coefficient (Wildman–Crippen LogP) is 1.63. The molecule has 0 aliphatic carbocycles. The fraction of sp³-hybridized carbons (Fsp3) is 0.889. The Labute approximate surface area is 67.9 Å². The molecule has 64 valence electrons. The van der Waals surface area contributed by atoms with Gasteiger partial charge in [0.05, 0.1) is 6.10 Å². The zero-order valence-corrected chi connectivity index (χ0v) is 7.63. The van der Waals surface area contributed by atoms with Gasteiger partial charge in [0.15, 0.2) is 5.78 Å². The fourth-order valence-corrected chi connectivity index (χ4v) is 1.55. The second-order valence-electron chi connectivity index (χ2n) is 3.53. The van der Waals surface area contributed by atoms with Gasteiger partial charge in [-0.2, -0.15) is 0 Å². The van der Waals surface area contributed by atoms with E-state index in [1.54, 1.807) is 0 Å². The lowest BCUT2D eigenvalue weighted by molar-refractivity contribution is -0.152. The summed E-state index contributed by atoms with van der Waals surface area (Å²) in [6.07, 6.45) is 0.0221. The number of carbonyl (C=O) groups excluding carboxylic acids is 1. The van der Waals surface area contributed by atoms with Gasteiger partial charge in [-0.3, -0.25) is 4.79 Å². The van der Waals surface area contributed by atoms with Crippen molar-refractivity contribution < 1.29 is 9.53 Å². The molecular formula is C9H16O2. The second kappa shape index (κ2) is 2.94. The maximum Gasteiger partial charge on any atom is 0.164 e. The Morgan fingerprint density at radius 1 is 1.18 bits per heavy atom. The topological polar surface area (TPSA) is 26.3 Å². The van der Waals surface area contributed by atoms with E-state index in [2.05, 4.69) is 6.92 Å². The molecule has 1 aliphatic heterocycles. The summed E-state index contributed by atoms with van der Waals surface area (Å²) < 4.78 is 5.43. The van der Waals surface area contributed by atoms with Crippen LogP contribution in [0.2, 0.25) is 0 Å². The summed E-state index contributed by atoms with van der Waals surface area (Å²) in [7, 11) is 0. The molecule has 1 unspecified atom stereocenters. The molecule has 2 heteroatoms. The molecule has 0 aromatic heterocycles. The van der Waals surface area contributed by atoms with E-state index in [0.717, 1.165) is 0 Å². The number of ketones is 1. The molecular weight excluding hydrogens is 140 g/mol. The minimum atomic E-state index is -0.198. The highest BCUT2D eigenvalue weighted by molar-refractivity contribution is 5.85. The van der Waals surface area contributed by atoms with Gasteiger partial charge in [-0.1, -0.05) is 13.8 Å². The summed E-state index contributed by atoms with van der Waals surface area (Å²) in [5.74, 6) is 0.767. The van der Waals surface area contributed by atoms with Gasteiger partial charge < -0.3 is 4.74 Å². The first kappa shape index (κ1) is 8.72. The van der Waals surface area contributed by atoms with Crippen LogP contribution in [0.25, 0.3) is 0 Å². The molecule has 1 heterocycles. The van der Waals surface area contributed by atoms with Crippen molar-refractivity contribution in [3.8, 4) is 0 Å². The lowest BCUT2D eigenvalue weighted by atomic mass is 9.83. The van der Waals surface area contributed by atoms with Crippen molar-refractivity contribution in [1.82, 2.24) is 0 Å². The Bertz CT molecular complexity index is 165. The van der Waals surface area contributed by atoms with Crippen molar-refractivity contribution in [3.05, 3.63) is 0 Å². The summed E-state index contributed by atoms with van der Waals surface area (Å²) in [6.45, 7) is 7.92. The summed E-state index contributed by atoms with van der Waals surface area (Å²) >= 11 is 0. The molecule has 1 saturated heterocycles. The van der Waals surface area contributed by atoms with Crippen LogP contribution in [0.15, 0.2) is 0 Å². The third-order valence-corrected chi connectivity index (χ3v) is 2.80. The van der Waals surface area contributed by atoms with Crippen molar-refractivity contribution in [2.24, 2.45) is 11.8 Å². The molecule has 11 heavy (non-hydrogen) atoms. The number of Topliss-reactive ketones (excluding diaryl/α,β-unsaturated/α-hetero) is 1. The Kier molecular flexibility index (Phi) is 2.33. The predicted molar refractivity (Wildman–Crippen MR) is 43.3 cm³/mol. The van der Waals surface area contributed by atoms with Crippen LogP contribution in [0, 0.1) is 11.8 Å². The number of hydrogen-bond acceptors (Lipinski definition) is 2. The van der Waals surface area contributed by atoms with Gasteiger partial charge in [0.1, 0.15) is 6.10 Å². The van der Waals surface area contributed by atoms with Crippen molar-refractivity contribution >= 4 is 5.78 Å². The Hall–Kier alpha value is -0.370. The minimum Gasteiger partial charge on any atom is -0.367 e. The third-order valence-electron chi connectivity index (χ3n) is 2.80. The Morgan fingerprint density at radius 3 is 2.27 bits per heavy atom. The van der Waals surface area contributed by atoms with Gasteiger partial charge in [0.2, 0.25) is 0 Å². The molecule has 0 spiro atoms. The lowest BCUT2D eigenvalue weighted by Gasteiger charge is -2.34. The summed E-state index contributed by atoms with van der Waals surface area (Å²) in [5.41, 5.74) is 0. The van der Waals surface area contributed by atoms with Crippen LogP contribution in [0.3, 0.4) is 0 Å². The van der Waals surface area contributed by atoms with E-state index in [0.29, 0.717) is 5.92 Å². The van der Waals surface area contributed by atoms with E-state index in [9.17, 15) is 4.79 Å². The zero-order valence-electron chi connectivity index (χ0n) is 7.63. The largest absolute Gasteiger partial charge is 0.367 e. The standard InChI is InChI=1S/C9H16O2/c1-5-6(2)9(10)8(4)11-7(5)3/h5-8H,1-4H3/t5-,6-,7?,8-/m1/s1. The van der Waals surface area contributed by atoms with E-state index >= 15 is 0 Å². The van der Waals surface area contributed by atoms with Crippen LogP contribution in [-0.4, -0.2) is 18.0 Å². The first-order chi connectivity index (χ1) is 5.04. The summed E-state index contributed by atoms with van der Waals surface area (Å²) in [5, 5.41) is 0. The van der Waals surface area contributed by atoms with Crippen molar-refractivity contribution in [2.45, 2.75) is 39.9 Å². The zero-order chi connectivity index (χ0) is 8.59. The molecule has 0 saturated carbocycles. The van der Waals surface area contributed by atoms with Crippen molar-refractivity contribution in [3.63, 3.8) is 0 Å². The summed E-state index contributed by atoms with van der Waals surface area (Å²) in [6, 6.07) is 0. The first-order valence-corrected chi connectivity index (χ1v) is 4.23. The molecule has 1 aliphatic rings. The highest BCUT2D eigenvalue weighted by Gasteiger charge is 2.35. The second-order valence-corrected chi connectivity index (χ2v) is 3.53. The summed E-state index contributed by atoms with van der Waals surface area (Å²) in [4.78, 5) is 11.4. The van der Waals surface area contributed by atoms with Crippen LogP contribution in [0.4, 0.5) is 0 Å². The lowest BCUT2D eigenvalue weighted by Crippen LogP contribution is -2.43. The number of carbonyl (C=O) groups is 1. The molecule has 4 atom stereocenters. The maximum atomic E-state index is 11.4. The molecule has 2 nitrogen and oxygen atoms in total. The third kappa shape index (κ3) is 1.45. The molecule has 0 amide bonds. The molecule has 1 fully saturated rings. The number of hydrogen-bond donors (Lipinski definition) is 0. The monoisotopic (exact) mass is 156 g/mol. The first-order valence-electron chi connectivity index (χ1n) is 4.23. The normalized spacial score (nSPS) is 46.0. The molecule has 0 N–H and O–H groups in total. The van der Waals surface area contributed by atoms with Crippen LogP contribution < -0.4 is 0 Å². The Balaban J connectivity index is 2.70. The molecule has 0 bridgehead atoms. The number of ether oxygens (including phenoxy) is 1. The van der Waals surface area contributed by atoms with E-state index in [1.807, 2.05) is 20.8 Å². The van der Waals surface area contributed by atoms with Gasteiger partial charge in [-0.25, -0.2) is 0 Å². The van der Waals surface area contributed by atoms with E-state index in [-0.39, 0.29) is 23.9 Å². The fourth-order valence-electron chi connectivity index (χ4n) is 1.55. The van der Waals surface area contributed by atoms with Gasteiger partial charge in [0, 0.05) is 5.92 Å². The average Bonchev–Trinajstić information content (AvgIpc) is 1.97. The van der Waals surface area contributed by atoms with E-state index < -0.39 is 0 Å². The van der Waals surface area contributed by atoms with Crippen LogP contribution >= 0.6 is 0 Å². The highest BCUT2D eigenvalue weighted by Crippen LogP contribution is 2.26. The maximum absolute atomic E-state index is 11.4. The quantitative estimate of drug-likeness (QED) is 0.533. The van der Waals surface area contributed by atoms with Crippen LogP contribution in [0.1, 0.15) is 27.7 Å². The van der Waals surface area contributed by atoms with Gasteiger partial charge in [-0.15, -0.1) is 0 Å². The van der Waals surface area contributed by atoms with Gasteiger partial charge >= 0.3 is 0 Å². The molecule has 0 aromatic carbocycles. The van der Waals surface area contributed by atoms with E-state index in [1.165, 1.54) is 0 Å². The SMILES string of the molecule is CC1O[C@H](C)C(=O)[C@H](C)[C@H]1C. The molecule has 1 rings (SSSR count). The van der Waals surface area contributed by atoms with Gasteiger partial charge in [0.25, 0.3) is 0 Å². The van der Waals surface area contributed by atoms with E-state index in [4.69, 9.17) is 4.74 Å². The van der Waals surface area contributed by atoms with Crippen LogP contribution in [-0.2, 0) is 9.53 Å². The smallest absolute Gasteiger partial charge is 0.164 e. The molecule has 0 radical (unpaired) electrons. The Morgan fingerprint density at radius 2 is 1.73 bits per heavy atom. The van der Waals surface area contributed by atoms with Crippen LogP contribution in [0.5, 0.6) is 0 Å².